The second-order valence-corrected chi connectivity index (χ2v) is 4.61. The molecule has 1 aromatic rings. The molecule has 0 unspecified atom stereocenters. The van der Waals surface area contributed by atoms with E-state index in [1.54, 1.807) is 0 Å². The summed E-state index contributed by atoms with van der Waals surface area (Å²) in [6.07, 6.45) is 3.32. The van der Waals surface area contributed by atoms with Crippen LogP contribution in [0.25, 0.3) is 0 Å². The second kappa shape index (κ2) is 3.91. The van der Waals surface area contributed by atoms with Gasteiger partial charge in [-0.1, -0.05) is 29.4 Å². The molecule has 1 fully saturated rings. The summed E-state index contributed by atoms with van der Waals surface area (Å²) < 4.78 is 0. The van der Waals surface area contributed by atoms with Gasteiger partial charge < -0.3 is 5.21 Å². The highest BCUT2D eigenvalue weighted by molar-refractivity contribution is 5.96. The fourth-order valence-electron chi connectivity index (χ4n) is 2.93. The topological polar surface area (TPSA) is 35.8 Å². The first-order valence-corrected chi connectivity index (χ1v) is 5.93. The zero-order chi connectivity index (χ0) is 11.0. The maximum absolute atomic E-state index is 9.13. The number of likely N-dealkylation sites (tertiary alicyclic amines) is 1. The fraction of sp³-hybridized carbons (Fsp3) is 0.462. The SMILES string of the molecule is O/N=C1\Cc2ccccc2[C@@H]1N1CCCC1. The van der Waals surface area contributed by atoms with E-state index in [9.17, 15) is 0 Å². The van der Waals surface area contributed by atoms with E-state index in [0.717, 1.165) is 25.2 Å². The van der Waals surface area contributed by atoms with Crippen molar-refractivity contribution in [2.75, 3.05) is 13.1 Å². The van der Waals surface area contributed by atoms with Gasteiger partial charge in [0.1, 0.15) is 0 Å². The van der Waals surface area contributed by atoms with E-state index in [0.29, 0.717) is 0 Å². The summed E-state index contributed by atoms with van der Waals surface area (Å²) in [5, 5.41) is 12.6. The molecule has 1 heterocycles. The molecule has 2 aliphatic rings. The number of rotatable bonds is 1. The Morgan fingerprint density at radius 3 is 2.69 bits per heavy atom. The van der Waals surface area contributed by atoms with Gasteiger partial charge in [-0.05, 0) is 37.1 Å². The number of oxime groups is 1. The lowest BCUT2D eigenvalue weighted by Gasteiger charge is -2.24. The Bertz CT molecular complexity index is 422. The summed E-state index contributed by atoms with van der Waals surface area (Å²) in [7, 11) is 0. The summed E-state index contributed by atoms with van der Waals surface area (Å²) in [4.78, 5) is 2.43. The Morgan fingerprint density at radius 1 is 1.19 bits per heavy atom. The van der Waals surface area contributed by atoms with Crippen molar-refractivity contribution in [3.8, 4) is 0 Å². The third-order valence-corrected chi connectivity index (χ3v) is 3.67. The van der Waals surface area contributed by atoms with Gasteiger partial charge in [0.05, 0.1) is 11.8 Å². The summed E-state index contributed by atoms with van der Waals surface area (Å²) in [6, 6.07) is 8.65. The van der Waals surface area contributed by atoms with Gasteiger partial charge in [0.25, 0.3) is 0 Å². The van der Waals surface area contributed by atoms with E-state index in [4.69, 9.17) is 5.21 Å². The molecule has 1 atom stereocenters. The minimum absolute atomic E-state index is 0.226. The van der Waals surface area contributed by atoms with Crippen molar-refractivity contribution in [1.29, 1.82) is 0 Å². The first-order valence-electron chi connectivity index (χ1n) is 5.93. The molecular weight excluding hydrogens is 200 g/mol. The maximum Gasteiger partial charge on any atom is 0.0831 e. The quantitative estimate of drug-likeness (QED) is 0.577. The van der Waals surface area contributed by atoms with E-state index < -0.39 is 0 Å². The van der Waals surface area contributed by atoms with Crippen molar-refractivity contribution in [2.45, 2.75) is 25.3 Å². The Balaban J connectivity index is 2.00. The average Bonchev–Trinajstić information content (AvgIpc) is 2.94. The van der Waals surface area contributed by atoms with E-state index in [1.165, 1.54) is 24.0 Å². The van der Waals surface area contributed by atoms with Crippen LogP contribution >= 0.6 is 0 Å². The Hall–Kier alpha value is -1.35. The fourth-order valence-corrected chi connectivity index (χ4v) is 2.93. The first-order chi connectivity index (χ1) is 7.90. The Labute approximate surface area is 95.4 Å². The molecule has 0 bridgehead atoms. The molecule has 1 saturated heterocycles. The number of fused-ring (bicyclic) bond motifs is 1. The molecule has 1 aliphatic heterocycles. The van der Waals surface area contributed by atoms with Crippen LogP contribution < -0.4 is 0 Å². The predicted octanol–water partition coefficient (Wildman–Crippen LogP) is 2.21. The van der Waals surface area contributed by atoms with E-state index >= 15 is 0 Å². The molecule has 3 rings (SSSR count). The van der Waals surface area contributed by atoms with Crippen molar-refractivity contribution in [3.63, 3.8) is 0 Å². The minimum atomic E-state index is 0.226. The molecular formula is C13H16N2O. The highest BCUT2D eigenvalue weighted by Gasteiger charge is 2.34. The van der Waals surface area contributed by atoms with Crippen molar-refractivity contribution in [2.24, 2.45) is 5.16 Å². The van der Waals surface area contributed by atoms with Crippen LogP contribution in [0.5, 0.6) is 0 Å². The van der Waals surface area contributed by atoms with Crippen LogP contribution in [0.15, 0.2) is 29.4 Å². The van der Waals surface area contributed by atoms with Gasteiger partial charge in [-0.15, -0.1) is 0 Å². The molecule has 1 aromatic carbocycles. The predicted molar refractivity (Wildman–Crippen MR) is 62.9 cm³/mol. The zero-order valence-corrected chi connectivity index (χ0v) is 9.26. The van der Waals surface area contributed by atoms with Gasteiger partial charge in [0.15, 0.2) is 0 Å². The lowest BCUT2D eigenvalue weighted by Crippen LogP contribution is -2.29. The third-order valence-electron chi connectivity index (χ3n) is 3.67. The van der Waals surface area contributed by atoms with Crippen molar-refractivity contribution in [1.82, 2.24) is 4.90 Å². The third kappa shape index (κ3) is 1.43. The summed E-state index contributed by atoms with van der Waals surface area (Å²) in [5.41, 5.74) is 3.55. The van der Waals surface area contributed by atoms with Gasteiger partial charge in [-0.2, -0.15) is 0 Å². The molecule has 0 aromatic heterocycles. The number of hydrogen-bond acceptors (Lipinski definition) is 3. The molecule has 3 heteroatoms. The smallest absolute Gasteiger partial charge is 0.0831 e. The minimum Gasteiger partial charge on any atom is -0.411 e. The van der Waals surface area contributed by atoms with Crippen molar-refractivity contribution >= 4 is 5.71 Å². The second-order valence-electron chi connectivity index (χ2n) is 4.61. The average molecular weight is 216 g/mol. The van der Waals surface area contributed by atoms with Crippen LogP contribution in [-0.2, 0) is 6.42 Å². The summed E-state index contributed by atoms with van der Waals surface area (Å²) >= 11 is 0. The number of benzene rings is 1. The van der Waals surface area contributed by atoms with Gasteiger partial charge in [0, 0.05) is 6.42 Å². The standard InChI is InChI=1S/C13H16N2O/c16-14-12-9-10-5-1-2-6-11(10)13(12)15-7-3-4-8-15/h1-2,5-6,13,16H,3-4,7-9H2/b14-12+/t13-/m0/s1. The first kappa shape index (κ1) is 9.85. The molecule has 0 radical (unpaired) electrons. The molecule has 84 valence electrons. The number of nitrogens with zero attached hydrogens (tertiary/aromatic N) is 2. The molecule has 16 heavy (non-hydrogen) atoms. The number of hydrogen-bond donors (Lipinski definition) is 1. The van der Waals surface area contributed by atoms with E-state index in [-0.39, 0.29) is 6.04 Å². The zero-order valence-electron chi connectivity index (χ0n) is 9.26. The molecule has 1 N–H and O–H groups in total. The van der Waals surface area contributed by atoms with Crippen LogP contribution in [0.2, 0.25) is 0 Å². The molecule has 0 amide bonds. The lowest BCUT2D eigenvalue weighted by molar-refractivity contribution is 0.282. The highest BCUT2D eigenvalue weighted by atomic mass is 16.4. The van der Waals surface area contributed by atoms with Crippen LogP contribution in [0, 0.1) is 0 Å². The van der Waals surface area contributed by atoms with Crippen molar-refractivity contribution < 1.29 is 5.21 Å². The summed E-state index contributed by atoms with van der Waals surface area (Å²) in [6.45, 7) is 2.25. The molecule has 0 saturated carbocycles. The van der Waals surface area contributed by atoms with Crippen LogP contribution in [0.4, 0.5) is 0 Å². The molecule has 0 spiro atoms. The van der Waals surface area contributed by atoms with Gasteiger partial charge in [0.2, 0.25) is 0 Å². The summed E-state index contributed by atoms with van der Waals surface area (Å²) in [5.74, 6) is 0. The molecule has 1 aliphatic carbocycles. The normalized spacial score (nSPS) is 27.5. The maximum atomic E-state index is 9.13. The van der Waals surface area contributed by atoms with Crippen molar-refractivity contribution in [3.05, 3.63) is 35.4 Å². The van der Waals surface area contributed by atoms with Gasteiger partial charge in [-0.25, -0.2) is 0 Å². The lowest BCUT2D eigenvalue weighted by atomic mass is 10.1. The van der Waals surface area contributed by atoms with E-state index in [1.807, 2.05) is 0 Å². The Kier molecular flexibility index (Phi) is 2.40. The van der Waals surface area contributed by atoms with E-state index in [2.05, 4.69) is 34.3 Å². The van der Waals surface area contributed by atoms with Gasteiger partial charge >= 0.3 is 0 Å². The van der Waals surface area contributed by atoms with Gasteiger partial charge in [-0.3, -0.25) is 4.90 Å². The molecule has 3 nitrogen and oxygen atoms in total. The largest absolute Gasteiger partial charge is 0.411 e. The monoisotopic (exact) mass is 216 g/mol. The van der Waals surface area contributed by atoms with Crippen LogP contribution in [0.3, 0.4) is 0 Å². The van der Waals surface area contributed by atoms with Crippen LogP contribution in [-0.4, -0.2) is 28.9 Å². The Morgan fingerprint density at radius 2 is 1.94 bits per heavy atom. The van der Waals surface area contributed by atoms with Crippen LogP contribution in [0.1, 0.15) is 30.0 Å². The highest BCUT2D eigenvalue weighted by Crippen LogP contribution is 2.35.